The van der Waals surface area contributed by atoms with Gasteiger partial charge in [0.1, 0.15) is 18.2 Å². The van der Waals surface area contributed by atoms with Crippen LogP contribution in [0.15, 0.2) is 30.7 Å². The molecule has 0 spiro atoms. The van der Waals surface area contributed by atoms with Gasteiger partial charge in [-0.05, 0) is 36.6 Å². The number of ether oxygens (including phenoxy) is 1. The van der Waals surface area contributed by atoms with E-state index in [2.05, 4.69) is 15.3 Å². The second-order valence-electron chi connectivity index (χ2n) is 5.11. The Labute approximate surface area is 121 Å². The van der Waals surface area contributed by atoms with Crippen molar-refractivity contribution in [3.05, 3.63) is 47.8 Å². The van der Waals surface area contributed by atoms with E-state index in [9.17, 15) is 9.18 Å². The molecule has 1 amide bonds. The lowest BCUT2D eigenvalue weighted by molar-refractivity contribution is -0.122. The number of nitrogens with zero attached hydrogens (tertiary/aromatic N) is 1. The van der Waals surface area contributed by atoms with Gasteiger partial charge in [0.25, 0.3) is 0 Å². The first-order chi connectivity index (χ1) is 10.2. The number of aryl methyl sites for hydroxylation is 1. The summed E-state index contributed by atoms with van der Waals surface area (Å²) in [4.78, 5) is 18.8. The van der Waals surface area contributed by atoms with E-state index in [0.29, 0.717) is 31.6 Å². The van der Waals surface area contributed by atoms with Gasteiger partial charge >= 0.3 is 0 Å². The predicted octanol–water partition coefficient (Wildman–Crippen LogP) is 1.60. The van der Waals surface area contributed by atoms with Crippen molar-refractivity contribution < 1.29 is 13.9 Å². The fraction of sp³-hybridized carbons (Fsp3) is 0.333. The Hall–Kier alpha value is -2.37. The average molecular weight is 289 g/mol. The van der Waals surface area contributed by atoms with Crippen LogP contribution in [0.25, 0.3) is 0 Å². The monoisotopic (exact) mass is 289 g/mol. The first kappa shape index (κ1) is 13.6. The maximum absolute atomic E-state index is 13.2. The number of halogens is 1. The van der Waals surface area contributed by atoms with Crippen molar-refractivity contribution in [3.63, 3.8) is 0 Å². The van der Waals surface area contributed by atoms with E-state index in [1.54, 1.807) is 18.6 Å². The highest BCUT2D eigenvalue weighted by Gasteiger charge is 2.21. The third kappa shape index (κ3) is 3.39. The first-order valence-corrected chi connectivity index (χ1v) is 6.88. The van der Waals surface area contributed by atoms with Gasteiger partial charge in [-0.3, -0.25) is 4.79 Å². The third-order valence-electron chi connectivity index (χ3n) is 3.47. The van der Waals surface area contributed by atoms with Gasteiger partial charge < -0.3 is 15.0 Å². The number of hydrogen-bond acceptors (Lipinski definition) is 3. The number of nitrogens with one attached hydrogen (secondary N) is 2. The molecule has 2 N–H and O–H groups in total. The van der Waals surface area contributed by atoms with E-state index in [4.69, 9.17) is 4.74 Å². The fourth-order valence-electron chi connectivity index (χ4n) is 2.43. The Morgan fingerprint density at radius 2 is 2.43 bits per heavy atom. The number of fused-ring (bicyclic) bond motifs is 1. The van der Waals surface area contributed by atoms with Gasteiger partial charge in [0.15, 0.2) is 0 Å². The second kappa shape index (κ2) is 5.95. The van der Waals surface area contributed by atoms with Crippen LogP contribution in [0.4, 0.5) is 4.39 Å². The van der Waals surface area contributed by atoms with Gasteiger partial charge in [0.05, 0.1) is 12.4 Å². The molecule has 0 aliphatic carbocycles. The van der Waals surface area contributed by atoms with Crippen LogP contribution in [0.1, 0.15) is 17.7 Å². The number of H-pyrrole nitrogens is 1. The van der Waals surface area contributed by atoms with Gasteiger partial charge in [-0.1, -0.05) is 0 Å². The summed E-state index contributed by atoms with van der Waals surface area (Å²) < 4.78 is 18.8. The summed E-state index contributed by atoms with van der Waals surface area (Å²) in [6.45, 7) is 0.411. The molecule has 1 aromatic carbocycles. The molecule has 0 radical (unpaired) electrons. The number of benzene rings is 1. The van der Waals surface area contributed by atoms with Crippen molar-refractivity contribution >= 4 is 5.91 Å². The van der Waals surface area contributed by atoms with Crippen LogP contribution in [0.2, 0.25) is 0 Å². The molecule has 21 heavy (non-hydrogen) atoms. The Kier molecular flexibility index (Phi) is 3.85. The number of carbonyl (C=O) groups is 1. The Morgan fingerprint density at radius 3 is 3.24 bits per heavy atom. The molecule has 1 aliphatic rings. The van der Waals surface area contributed by atoms with E-state index in [1.807, 2.05) is 0 Å². The van der Waals surface area contributed by atoms with Crippen LogP contribution in [-0.4, -0.2) is 28.5 Å². The predicted molar refractivity (Wildman–Crippen MR) is 74.4 cm³/mol. The number of hydrogen-bond donors (Lipinski definition) is 2. The van der Waals surface area contributed by atoms with Crippen LogP contribution in [0, 0.1) is 5.82 Å². The molecule has 1 atom stereocenters. The summed E-state index contributed by atoms with van der Waals surface area (Å²) >= 11 is 0. The summed E-state index contributed by atoms with van der Waals surface area (Å²) in [5.41, 5.74) is 1.72. The van der Waals surface area contributed by atoms with E-state index < -0.39 is 0 Å². The largest absolute Gasteiger partial charge is 0.491 e. The molecule has 6 heteroatoms. The molecular formula is C15H16FN3O2. The SMILES string of the molecule is O=C(CCc1cnc[nH]1)NC1COc2ccc(F)cc2C1. The zero-order valence-electron chi connectivity index (χ0n) is 11.4. The van der Waals surface area contributed by atoms with Crippen LogP contribution in [0.5, 0.6) is 5.75 Å². The minimum atomic E-state index is -0.288. The van der Waals surface area contributed by atoms with Crippen LogP contribution < -0.4 is 10.1 Å². The lowest BCUT2D eigenvalue weighted by Gasteiger charge is -2.26. The number of carbonyl (C=O) groups excluding carboxylic acids is 1. The van der Waals surface area contributed by atoms with E-state index in [1.165, 1.54) is 12.1 Å². The average Bonchev–Trinajstić information content (AvgIpc) is 2.98. The van der Waals surface area contributed by atoms with Gasteiger partial charge in [-0.2, -0.15) is 0 Å². The number of imidazole rings is 1. The highest BCUT2D eigenvalue weighted by Crippen LogP contribution is 2.25. The molecule has 3 rings (SSSR count). The van der Waals surface area contributed by atoms with Crippen LogP contribution in [0.3, 0.4) is 0 Å². The van der Waals surface area contributed by atoms with Crippen molar-refractivity contribution in [2.24, 2.45) is 0 Å². The number of aromatic nitrogens is 2. The standard InChI is InChI=1S/C15H16FN3O2/c16-11-1-3-14-10(5-11)6-13(8-21-14)19-15(20)4-2-12-7-17-9-18-12/h1,3,5,7,9,13H,2,4,6,8H2,(H,17,18)(H,19,20). The van der Waals surface area contributed by atoms with Crippen molar-refractivity contribution in [2.75, 3.05) is 6.61 Å². The molecule has 2 aromatic rings. The normalized spacial score (nSPS) is 16.9. The van der Waals surface area contributed by atoms with Gasteiger partial charge in [0.2, 0.25) is 5.91 Å². The molecule has 5 nitrogen and oxygen atoms in total. The highest BCUT2D eigenvalue weighted by molar-refractivity contribution is 5.76. The van der Waals surface area contributed by atoms with Crippen LogP contribution >= 0.6 is 0 Å². The molecule has 1 aliphatic heterocycles. The van der Waals surface area contributed by atoms with E-state index in [0.717, 1.165) is 11.3 Å². The maximum Gasteiger partial charge on any atom is 0.220 e. The molecule has 1 aromatic heterocycles. The molecule has 110 valence electrons. The number of aromatic amines is 1. The van der Waals surface area contributed by atoms with Crippen molar-refractivity contribution in [2.45, 2.75) is 25.3 Å². The molecular weight excluding hydrogens is 273 g/mol. The summed E-state index contributed by atoms with van der Waals surface area (Å²) in [6, 6.07) is 4.34. The smallest absolute Gasteiger partial charge is 0.220 e. The Balaban J connectivity index is 1.53. The Bertz CT molecular complexity index is 628. The van der Waals surface area contributed by atoms with Gasteiger partial charge in [-0.25, -0.2) is 9.37 Å². The maximum atomic E-state index is 13.2. The fourth-order valence-corrected chi connectivity index (χ4v) is 2.43. The van der Waals surface area contributed by atoms with E-state index >= 15 is 0 Å². The quantitative estimate of drug-likeness (QED) is 0.898. The molecule has 0 fully saturated rings. The molecule has 0 saturated carbocycles. The van der Waals surface area contributed by atoms with Crippen molar-refractivity contribution in [1.29, 1.82) is 0 Å². The summed E-state index contributed by atoms with van der Waals surface area (Å²) in [6.07, 6.45) is 4.88. The second-order valence-corrected chi connectivity index (χ2v) is 5.11. The zero-order chi connectivity index (χ0) is 14.7. The summed E-state index contributed by atoms with van der Waals surface area (Å²) in [7, 11) is 0. The lowest BCUT2D eigenvalue weighted by Crippen LogP contribution is -2.42. The van der Waals surface area contributed by atoms with Crippen molar-refractivity contribution in [1.82, 2.24) is 15.3 Å². The Morgan fingerprint density at radius 1 is 1.52 bits per heavy atom. The lowest BCUT2D eigenvalue weighted by atomic mass is 10.0. The highest BCUT2D eigenvalue weighted by atomic mass is 19.1. The summed E-state index contributed by atoms with van der Waals surface area (Å²) in [5, 5.41) is 2.92. The first-order valence-electron chi connectivity index (χ1n) is 6.88. The molecule has 2 heterocycles. The van der Waals surface area contributed by atoms with Crippen molar-refractivity contribution in [3.8, 4) is 5.75 Å². The van der Waals surface area contributed by atoms with Gasteiger partial charge in [0, 0.05) is 18.3 Å². The minimum absolute atomic E-state index is 0.0435. The molecule has 1 unspecified atom stereocenters. The van der Waals surface area contributed by atoms with Gasteiger partial charge in [-0.15, -0.1) is 0 Å². The van der Waals surface area contributed by atoms with Crippen LogP contribution in [-0.2, 0) is 17.6 Å². The minimum Gasteiger partial charge on any atom is -0.491 e. The molecule has 0 bridgehead atoms. The zero-order valence-corrected chi connectivity index (χ0v) is 11.4. The third-order valence-corrected chi connectivity index (χ3v) is 3.47. The topological polar surface area (TPSA) is 67.0 Å². The number of rotatable bonds is 4. The summed E-state index contributed by atoms with van der Waals surface area (Å²) in [5.74, 6) is 0.362. The molecule has 0 saturated heterocycles. The number of amides is 1. The van der Waals surface area contributed by atoms with E-state index in [-0.39, 0.29) is 17.8 Å².